The van der Waals surface area contributed by atoms with Crippen LogP contribution in [-0.2, 0) is 17.9 Å². The molecule has 1 aliphatic rings. The molecule has 0 atom stereocenters. The predicted octanol–water partition coefficient (Wildman–Crippen LogP) is 6.11. The zero-order chi connectivity index (χ0) is 23.7. The van der Waals surface area contributed by atoms with E-state index in [2.05, 4.69) is 47.9 Å². The van der Waals surface area contributed by atoms with Crippen molar-refractivity contribution in [2.45, 2.75) is 20.0 Å². The van der Waals surface area contributed by atoms with Gasteiger partial charge in [0.25, 0.3) is 11.1 Å². The summed E-state index contributed by atoms with van der Waals surface area (Å²) >= 11 is 0.939. The summed E-state index contributed by atoms with van der Waals surface area (Å²) in [4.78, 5) is 27.4. The van der Waals surface area contributed by atoms with Gasteiger partial charge in [-0.2, -0.15) is 5.26 Å². The van der Waals surface area contributed by atoms with E-state index in [1.54, 1.807) is 30.3 Å². The van der Waals surface area contributed by atoms with E-state index in [1.165, 1.54) is 16.0 Å². The minimum absolute atomic E-state index is 0.0842. The van der Waals surface area contributed by atoms with Gasteiger partial charge in [-0.1, -0.05) is 66.2 Å². The van der Waals surface area contributed by atoms with Crippen LogP contribution in [0.25, 0.3) is 17.0 Å². The number of carbonyl (C=O) groups is 2. The van der Waals surface area contributed by atoms with E-state index in [4.69, 9.17) is 0 Å². The molecule has 2 amide bonds. The van der Waals surface area contributed by atoms with Gasteiger partial charge in [0, 0.05) is 29.2 Å². The summed E-state index contributed by atoms with van der Waals surface area (Å²) < 4.78 is 2.17. The highest BCUT2D eigenvalue weighted by molar-refractivity contribution is 8.18. The Labute approximate surface area is 201 Å². The summed E-state index contributed by atoms with van der Waals surface area (Å²) in [7, 11) is 0. The number of hydrogen-bond acceptors (Lipinski definition) is 4. The molecule has 0 radical (unpaired) electrons. The standard InChI is InChI=1S/C28H21N3O2S/c1-19-7-6-8-20(13-19)16-30-17-23(24-11-4-5-12-25(24)30)14-26-27(32)31(28(33)34-26)18-22-10-3-2-9-21(22)15-29/h2-14,17H,16,18H2,1H3/b26-14+. The third-order valence-electron chi connectivity index (χ3n) is 5.88. The first-order valence-electron chi connectivity index (χ1n) is 10.9. The SMILES string of the molecule is Cc1cccc(Cn2cc(/C=C3/SC(=O)N(Cc4ccccc4C#N)C3=O)c3ccccc32)c1. The Morgan fingerprint density at radius 2 is 1.76 bits per heavy atom. The van der Waals surface area contributed by atoms with Crippen LogP contribution in [0.1, 0.15) is 27.8 Å². The molecule has 1 aliphatic heterocycles. The van der Waals surface area contributed by atoms with Gasteiger partial charge in [0.1, 0.15) is 0 Å². The molecule has 4 aromatic rings. The molecule has 166 valence electrons. The fourth-order valence-corrected chi connectivity index (χ4v) is 5.07. The Kier molecular flexibility index (Phi) is 5.79. The van der Waals surface area contributed by atoms with Gasteiger partial charge in [0.2, 0.25) is 0 Å². The van der Waals surface area contributed by atoms with Crippen LogP contribution in [-0.4, -0.2) is 20.6 Å². The number of fused-ring (bicyclic) bond motifs is 1. The maximum absolute atomic E-state index is 13.1. The molecule has 6 heteroatoms. The fourth-order valence-electron chi connectivity index (χ4n) is 4.24. The third kappa shape index (κ3) is 4.14. The van der Waals surface area contributed by atoms with Crippen molar-refractivity contribution in [3.8, 4) is 6.07 Å². The normalized spacial score (nSPS) is 14.8. The van der Waals surface area contributed by atoms with Crippen molar-refractivity contribution >= 4 is 39.9 Å². The molecule has 0 bridgehead atoms. The predicted molar refractivity (Wildman–Crippen MR) is 135 cm³/mol. The zero-order valence-electron chi connectivity index (χ0n) is 18.6. The summed E-state index contributed by atoms with van der Waals surface area (Å²) in [5, 5.41) is 10.0. The van der Waals surface area contributed by atoms with Gasteiger partial charge in [-0.05, 0) is 48.0 Å². The number of rotatable bonds is 5. The Morgan fingerprint density at radius 3 is 2.59 bits per heavy atom. The molecule has 5 rings (SSSR count). The first-order chi connectivity index (χ1) is 16.5. The van der Waals surface area contributed by atoms with Crippen molar-refractivity contribution in [3.05, 3.63) is 112 Å². The molecule has 1 saturated heterocycles. The smallest absolute Gasteiger partial charge is 0.293 e. The summed E-state index contributed by atoms with van der Waals surface area (Å²) in [5.74, 6) is -0.335. The Morgan fingerprint density at radius 1 is 0.971 bits per heavy atom. The minimum atomic E-state index is -0.335. The molecule has 2 heterocycles. The second kappa shape index (κ2) is 9.05. The molecule has 3 aromatic carbocycles. The summed E-state index contributed by atoms with van der Waals surface area (Å²) in [6.07, 6.45) is 3.84. The molecule has 0 unspecified atom stereocenters. The Bertz CT molecular complexity index is 1510. The van der Waals surface area contributed by atoms with Crippen molar-refractivity contribution < 1.29 is 9.59 Å². The minimum Gasteiger partial charge on any atom is -0.342 e. The van der Waals surface area contributed by atoms with Crippen LogP contribution in [0.5, 0.6) is 0 Å². The first kappa shape index (κ1) is 21.7. The molecule has 34 heavy (non-hydrogen) atoms. The van der Waals surface area contributed by atoms with Crippen molar-refractivity contribution in [2.75, 3.05) is 0 Å². The molecular formula is C28H21N3O2S. The number of nitrogens with zero attached hydrogens (tertiary/aromatic N) is 3. The Hall–Kier alpha value is -4.08. The van der Waals surface area contributed by atoms with Gasteiger partial charge in [-0.25, -0.2) is 0 Å². The number of imide groups is 1. The molecule has 5 nitrogen and oxygen atoms in total. The average molecular weight is 464 g/mol. The van der Waals surface area contributed by atoms with E-state index in [0.29, 0.717) is 22.6 Å². The maximum atomic E-state index is 13.1. The molecule has 0 spiro atoms. The van der Waals surface area contributed by atoms with E-state index in [0.717, 1.165) is 28.2 Å². The van der Waals surface area contributed by atoms with E-state index < -0.39 is 0 Å². The number of amides is 2. The molecule has 0 aliphatic carbocycles. The molecule has 0 saturated carbocycles. The van der Waals surface area contributed by atoms with Crippen LogP contribution in [0.15, 0.2) is 83.9 Å². The molecule has 0 N–H and O–H groups in total. The van der Waals surface area contributed by atoms with Crippen LogP contribution in [0.4, 0.5) is 4.79 Å². The van der Waals surface area contributed by atoms with Gasteiger partial charge in [-0.15, -0.1) is 0 Å². The second-order valence-corrected chi connectivity index (χ2v) is 9.25. The highest BCUT2D eigenvalue weighted by Crippen LogP contribution is 2.35. The van der Waals surface area contributed by atoms with Gasteiger partial charge in [0.15, 0.2) is 0 Å². The van der Waals surface area contributed by atoms with Gasteiger partial charge >= 0.3 is 0 Å². The van der Waals surface area contributed by atoms with Crippen LogP contribution >= 0.6 is 11.8 Å². The summed E-state index contributed by atoms with van der Waals surface area (Å²) in [5.41, 5.74) is 5.49. The highest BCUT2D eigenvalue weighted by atomic mass is 32.2. The number of aryl methyl sites for hydroxylation is 1. The quantitative estimate of drug-likeness (QED) is 0.335. The van der Waals surface area contributed by atoms with Gasteiger partial charge in [0.05, 0.1) is 23.1 Å². The van der Waals surface area contributed by atoms with Crippen molar-refractivity contribution in [2.24, 2.45) is 0 Å². The maximum Gasteiger partial charge on any atom is 0.293 e. The van der Waals surface area contributed by atoms with E-state index >= 15 is 0 Å². The monoisotopic (exact) mass is 463 g/mol. The van der Waals surface area contributed by atoms with Crippen LogP contribution < -0.4 is 0 Å². The van der Waals surface area contributed by atoms with E-state index in [9.17, 15) is 14.9 Å². The number of hydrogen-bond donors (Lipinski definition) is 0. The number of para-hydroxylation sites is 1. The topological polar surface area (TPSA) is 66.1 Å². The first-order valence-corrected chi connectivity index (χ1v) is 11.7. The lowest BCUT2D eigenvalue weighted by Gasteiger charge is -2.13. The van der Waals surface area contributed by atoms with E-state index in [1.807, 2.05) is 24.4 Å². The van der Waals surface area contributed by atoms with Gasteiger partial charge in [-0.3, -0.25) is 14.5 Å². The average Bonchev–Trinajstić information content (AvgIpc) is 3.31. The number of aromatic nitrogens is 1. The fraction of sp³-hybridized carbons (Fsp3) is 0.107. The second-order valence-electron chi connectivity index (χ2n) is 8.26. The van der Waals surface area contributed by atoms with Crippen LogP contribution in [0.2, 0.25) is 0 Å². The molecule has 1 aromatic heterocycles. The van der Waals surface area contributed by atoms with Gasteiger partial charge < -0.3 is 4.57 Å². The lowest BCUT2D eigenvalue weighted by Crippen LogP contribution is -2.27. The highest BCUT2D eigenvalue weighted by Gasteiger charge is 2.35. The van der Waals surface area contributed by atoms with Crippen molar-refractivity contribution in [1.82, 2.24) is 9.47 Å². The zero-order valence-corrected chi connectivity index (χ0v) is 19.4. The van der Waals surface area contributed by atoms with Crippen molar-refractivity contribution in [1.29, 1.82) is 5.26 Å². The van der Waals surface area contributed by atoms with Crippen LogP contribution in [0.3, 0.4) is 0 Å². The lowest BCUT2D eigenvalue weighted by atomic mass is 10.1. The number of carbonyl (C=O) groups excluding carboxylic acids is 2. The summed E-state index contributed by atoms with van der Waals surface area (Å²) in [6, 6.07) is 25.6. The lowest BCUT2D eigenvalue weighted by molar-refractivity contribution is -0.123. The molecule has 1 fully saturated rings. The largest absolute Gasteiger partial charge is 0.342 e. The molecular weight excluding hydrogens is 442 g/mol. The summed E-state index contributed by atoms with van der Waals surface area (Å²) in [6.45, 7) is 2.87. The third-order valence-corrected chi connectivity index (χ3v) is 6.79. The number of nitriles is 1. The number of benzene rings is 3. The van der Waals surface area contributed by atoms with E-state index in [-0.39, 0.29) is 17.7 Å². The van der Waals surface area contributed by atoms with Crippen LogP contribution in [0, 0.1) is 18.3 Å². The van der Waals surface area contributed by atoms with Crippen molar-refractivity contribution in [3.63, 3.8) is 0 Å². The number of thioether (sulfide) groups is 1. The Balaban J connectivity index is 1.47.